The number of Topliss-reactive ketones (excluding diaryl/α,β-unsaturated/α-hetero) is 1. The molecule has 4 heteroatoms. The van der Waals surface area contributed by atoms with Crippen molar-refractivity contribution in [2.45, 2.75) is 101 Å². The van der Waals surface area contributed by atoms with Gasteiger partial charge >= 0.3 is 0 Å². The lowest BCUT2D eigenvalue weighted by atomic mass is 9.70. The molecule has 1 atom stereocenters. The SMILES string of the molecule is CC(NCc1ccc(C(=N)N)cc1)C(=O)CC(C)(C)CC(C)(C)C=CC(C)(C)CC(C)(C)C. The Morgan fingerprint density at radius 1 is 0.939 bits per heavy atom. The molecule has 186 valence electrons. The van der Waals surface area contributed by atoms with Gasteiger partial charge in [0.05, 0.1) is 6.04 Å². The smallest absolute Gasteiger partial charge is 0.150 e. The van der Waals surface area contributed by atoms with Gasteiger partial charge in [0.2, 0.25) is 0 Å². The lowest BCUT2D eigenvalue weighted by Crippen LogP contribution is -2.37. The first kappa shape index (κ1) is 29.1. The van der Waals surface area contributed by atoms with Crippen molar-refractivity contribution in [3.8, 4) is 0 Å². The van der Waals surface area contributed by atoms with Crippen LogP contribution in [0.15, 0.2) is 36.4 Å². The normalized spacial score (nSPS) is 14.5. The van der Waals surface area contributed by atoms with E-state index in [2.05, 4.69) is 79.8 Å². The van der Waals surface area contributed by atoms with Crippen molar-refractivity contribution in [3.63, 3.8) is 0 Å². The van der Waals surface area contributed by atoms with Gasteiger partial charge in [-0.25, -0.2) is 0 Å². The minimum absolute atomic E-state index is 0.0219. The lowest BCUT2D eigenvalue weighted by molar-refractivity contribution is -0.122. The average Bonchev–Trinajstić information content (AvgIpc) is 2.61. The molecular weight excluding hydrogens is 406 g/mol. The Kier molecular flexibility index (Phi) is 9.69. The quantitative estimate of drug-likeness (QED) is 0.183. The molecule has 0 aliphatic heterocycles. The van der Waals surface area contributed by atoms with Crippen LogP contribution in [0.1, 0.15) is 99.6 Å². The Bertz CT molecular complexity index is 823. The number of hydrogen-bond acceptors (Lipinski definition) is 3. The summed E-state index contributed by atoms with van der Waals surface area (Å²) in [5.41, 5.74) is 7.67. The molecule has 33 heavy (non-hydrogen) atoms. The number of nitrogens with one attached hydrogen (secondary N) is 2. The van der Waals surface area contributed by atoms with Crippen LogP contribution >= 0.6 is 0 Å². The summed E-state index contributed by atoms with van der Waals surface area (Å²) in [6.45, 7) is 23.0. The number of carbonyl (C=O) groups is 1. The third-order valence-electron chi connectivity index (χ3n) is 5.92. The molecule has 0 aliphatic rings. The zero-order valence-electron chi connectivity index (χ0n) is 22.9. The first-order valence-corrected chi connectivity index (χ1v) is 12.2. The third-order valence-corrected chi connectivity index (χ3v) is 5.92. The molecule has 1 aromatic rings. The van der Waals surface area contributed by atoms with Crippen molar-refractivity contribution >= 4 is 11.6 Å². The summed E-state index contributed by atoms with van der Waals surface area (Å²) < 4.78 is 0. The maximum atomic E-state index is 13.0. The van der Waals surface area contributed by atoms with Crippen molar-refractivity contribution in [2.75, 3.05) is 0 Å². The third kappa shape index (κ3) is 11.7. The van der Waals surface area contributed by atoms with Crippen LogP contribution in [0.4, 0.5) is 0 Å². The van der Waals surface area contributed by atoms with Crippen LogP contribution in [0.3, 0.4) is 0 Å². The highest BCUT2D eigenvalue weighted by Crippen LogP contribution is 2.40. The fraction of sp³-hybridized carbons (Fsp3) is 0.655. The number of nitrogens with two attached hydrogens (primary N) is 1. The first-order chi connectivity index (χ1) is 14.8. The predicted molar refractivity (Wildman–Crippen MR) is 143 cm³/mol. The van der Waals surface area contributed by atoms with E-state index in [1.807, 2.05) is 31.2 Å². The Morgan fingerprint density at radius 3 is 1.88 bits per heavy atom. The van der Waals surface area contributed by atoms with E-state index in [4.69, 9.17) is 11.1 Å². The summed E-state index contributed by atoms with van der Waals surface area (Å²) in [5, 5.41) is 10.8. The molecule has 1 unspecified atom stereocenters. The molecule has 4 N–H and O–H groups in total. The van der Waals surface area contributed by atoms with Crippen LogP contribution in [0.5, 0.6) is 0 Å². The Balaban J connectivity index is 2.66. The van der Waals surface area contributed by atoms with E-state index in [9.17, 15) is 4.79 Å². The number of ketones is 1. The summed E-state index contributed by atoms with van der Waals surface area (Å²) in [6.07, 6.45) is 7.37. The van der Waals surface area contributed by atoms with Gasteiger partial charge in [0, 0.05) is 18.5 Å². The van der Waals surface area contributed by atoms with Gasteiger partial charge in [-0.2, -0.15) is 0 Å². The van der Waals surface area contributed by atoms with Gasteiger partial charge in [-0.05, 0) is 47.0 Å². The minimum Gasteiger partial charge on any atom is -0.384 e. The van der Waals surface area contributed by atoms with Crippen molar-refractivity contribution in [2.24, 2.45) is 27.4 Å². The number of benzene rings is 1. The number of carbonyl (C=O) groups excluding carboxylic acids is 1. The van der Waals surface area contributed by atoms with Crippen LogP contribution < -0.4 is 11.1 Å². The van der Waals surface area contributed by atoms with Crippen molar-refractivity contribution in [1.82, 2.24) is 5.32 Å². The molecule has 0 heterocycles. The molecular formula is C29H49N3O. The summed E-state index contributed by atoms with van der Waals surface area (Å²) >= 11 is 0. The Morgan fingerprint density at radius 2 is 1.42 bits per heavy atom. The second kappa shape index (κ2) is 11.0. The number of rotatable bonds is 12. The molecule has 1 aromatic carbocycles. The molecule has 0 aliphatic carbocycles. The van der Waals surface area contributed by atoms with Crippen LogP contribution in [0, 0.1) is 27.1 Å². The van der Waals surface area contributed by atoms with Crippen LogP contribution in [0.25, 0.3) is 0 Å². The van der Waals surface area contributed by atoms with Gasteiger partial charge < -0.3 is 11.1 Å². The van der Waals surface area contributed by atoms with Gasteiger partial charge in [0.25, 0.3) is 0 Å². The van der Waals surface area contributed by atoms with E-state index in [1.165, 1.54) is 0 Å². The van der Waals surface area contributed by atoms with E-state index >= 15 is 0 Å². The van der Waals surface area contributed by atoms with E-state index in [0.717, 1.165) is 18.4 Å². The zero-order chi connectivity index (χ0) is 25.7. The highest BCUT2D eigenvalue weighted by atomic mass is 16.1. The van der Waals surface area contributed by atoms with Gasteiger partial charge in [-0.15, -0.1) is 0 Å². The molecule has 1 rings (SSSR count). The first-order valence-electron chi connectivity index (χ1n) is 12.2. The van der Waals surface area contributed by atoms with Crippen LogP contribution in [-0.2, 0) is 11.3 Å². The number of allylic oxidation sites excluding steroid dienone is 2. The van der Waals surface area contributed by atoms with E-state index < -0.39 is 0 Å². The lowest BCUT2D eigenvalue weighted by Gasteiger charge is -2.35. The summed E-state index contributed by atoms with van der Waals surface area (Å²) in [4.78, 5) is 13.0. The summed E-state index contributed by atoms with van der Waals surface area (Å²) in [6, 6.07) is 7.36. The van der Waals surface area contributed by atoms with Gasteiger partial charge in [0.15, 0.2) is 0 Å². The Hall–Kier alpha value is -1.94. The molecule has 4 nitrogen and oxygen atoms in total. The predicted octanol–water partition coefficient (Wildman–Crippen LogP) is 6.87. The molecule has 0 radical (unpaired) electrons. The van der Waals surface area contributed by atoms with Crippen molar-refractivity contribution in [3.05, 3.63) is 47.5 Å². The molecule has 0 amide bonds. The molecule has 0 aromatic heterocycles. The zero-order valence-corrected chi connectivity index (χ0v) is 22.9. The summed E-state index contributed by atoms with van der Waals surface area (Å²) in [5.74, 6) is 0.309. The molecule has 0 spiro atoms. The van der Waals surface area contributed by atoms with E-state index in [0.29, 0.717) is 23.9 Å². The topological polar surface area (TPSA) is 79.0 Å². The van der Waals surface area contributed by atoms with Crippen molar-refractivity contribution in [1.29, 1.82) is 5.41 Å². The van der Waals surface area contributed by atoms with Gasteiger partial charge in [0.1, 0.15) is 11.6 Å². The highest BCUT2D eigenvalue weighted by Gasteiger charge is 2.31. The highest BCUT2D eigenvalue weighted by molar-refractivity contribution is 5.94. The monoisotopic (exact) mass is 455 g/mol. The van der Waals surface area contributed by atoms with Crippen LogP contribution in [0.2, 0.25) is 0 Å². The van der Waals surface area contributed by atoms with Gasteiger partial charge in [-0.1, -0.05) is 98.7 Å². The van der Waals surface area contributed by atoms with E-state index in [1.54, 1.807) is 0 Å². The van der Waals surface area contributed by atoms with E-state index in [-0.39, 0.29) is 33.9 Å². The van der Waals surface area contributed by atoms with Crippen molar-refractivity contribution < 1.29 is 4.79 Å². The summed E-state index contributed by atoms with van der Waals surface area (Å²) in [7, 11) is 0. The molecule has 0 bridgehead atoms. The fourth-order valence-corrected chi connectivity index (χ4v) is 5.04. The second-order valence-electron chi connectivity index (χ2n) is 13.2. The molecule has 0 saturated heterocycles. The minimum atomic E-state index is -0.207. The maximum Gasteiger partial charge on any atom is 0.150 e. The average molecular weight is 456 g/mol. The van der Waals surface area contributed by atoms with Crippen LogP contribution in [-0.4, -0.2) is 17.7 Å². The number of nitrogen functional groups attached to an aromatic ring is 1. The fourth-order valence-electron chi connectivity index (χ4n) is 5.04. The maximum absolute atomic E-state index is 13.0. The molecule has 0 fully saturated rings. The van der Waals surface area contributed by atoms with Gasteiger partial charge in [-0.3, -0.25) is 10.2 Å². The largest absolute Gasteiger partial charge is 0.384 e. The number of amidine groups is 1. The Labute approximate surface area is 203 Å². The number of hydrogen-bond donors (Lipinski definition) is 3. The molecule has 0 saturated carbocycles. The standard InChI is InChI=1S/C29H49N3O/c1-21(32-18-22-11-13-23(14-12-22)25(30)31)24(33)17-29(9,10)20-28(7,8)16-15-27(5,6)19-26(2,3)4/h11-16,21,32H,17-20H2,1-10H3,(H3,30,31). The second-order valence-corrected chi connectivity index (χ2v) is 13.2.